The minimum atomic E-state index is 0.571. The van der Waals surface area contributed by atoms with Gasteiger partial charge in [-0.2, -0.15) is 0 Å². The maximum absolute atomic E-state index is 7.42. The highest BCUT2D eigenvalue weighted by Gasteiger charge is 2.04. The fraction of sp³-hybridized carbons (Fsp3) is 0.375. The van der Waals surface area contributed by atoms with Crippen LogP contribution in [0.5, 0.6) is 0 Å². The highest BCUT2D eigenvalue weighted by Crippen LogP contribution is 2.05. The van der Waals surface area contributed by atoms with Crippen molar-refractivity contribution in [3.05, 3.63) is 24.3 Å². The van der Waals surface area contributed by atoms with E-state index in [1.165, 1.54) is 0 Å². The Morgan fingerprint density at radius 2 is 2.60 bits per heavy atom. The van der Waals surface area contributed by atoms with E-state index in [1.807, 2.05) is 6.08 Å². The molecule has 2 heteroatoms. The Kier molecular flexibility index (Phi) is 2.40. The Bertz CT molecular complexity index is 180. The molecule has 0 saturated carbocycles. The zero-order valence-corrected chi connectivity index (χ0v) is 5.98. The van der Waals surface area contributed by atoms with Crippen LogP contribution in [0.25, 0.3) is 0 Å². The van der Waals surface area contributed by atoms with E-state index in [2.05, 4.69) is 11.9 Å². The topological polar surface area (TPSA) is 35.9 Å². The van der Waals surface area contributed by atoms with Crippen molar-refractivity contribution in [2.45, 2.75) is 6.42 Å². The lowest BCUT2D eigenvalue weighted by Crippen LogP contribution is -2.22. The van der Waals surface area contributed by atoms with Crippen LogP contribution in [0.1, 0.15) is 6.42 Å². The second-order valence-corrected chi connectivity index (χ2v) is 2.30. The second-order valence-electron chi connectivity index (χ2n) is 2.30. The van der Waals surface area contributed by atoms with Gasteiger partial charge in [0.2, 0.25) is 0 Å². The maximum Gasteiger partial charge on any atom is 0.0563 e. The van der Waals surface area contributed by atoms with Crippen molar-refractivity contribution in [1.82, 2.24) is 5.32 Å². The summed E-state index contributed by atoms with van der Waals surface area (Å²) in [7, 11) is 0. The van der Waals surface area contributed by atoms with Crippen LogP contribution in [-0.2, 0) is 0 Å². The van der Waals surface area contributed by atoms with Crippen LogP contribution in [0.2, 0.25) is 0 Å². The minimum Gasteiger partial charge on any atom is -0.313 e. The first kappa shape index (κ1) is 7.22. The first-order valence-electron chi connectivity index (χ1n) is 3.45. The molecule has 0 amide bonds. The van der Waals surface area contributed by atoms with Crippen molar-refractivity contribution in [3.8, 4) is 0 Å². The minimum absolute atomic E-state index is 0.571. The molecule has 2 nitrogen and oxygen atoms in total. The van der Waals surface area contributed by atoms with E-state index < -0.39 is 0 Å². The Labute approximate surface area is 61.1 Å². The number of hydrogen-bond donors (Lipinski definition) is 2. The number of rotatable bonds is 2. The molecule has 0 unspecified atom stereocenters. The summed E-state index contributed by atoms with van der Waals surface area (Å²) in [5, 5.41) is 10.6. The van der Waals surface area contributed by atoms with Crippen LogP contribution in [0, 0.1) is 5.41 Å². The van der Waals surface area contributed by atoms with Gasteiger partial charge in [0.1, 0.15) is 0 Å². The number of nitrogens with one attached hydrogen (secondary N) is 2. The van der Waals surface area contributed by atoms with E-state index in [-0.39, 0.29) is 0 Å². The van der Waals surface area contributed by atoms with Crippen molar-refractivity contribution >= 4 is 5.71 Å². The molecular formula is C8H12N2. The Balaban J connectivity index is 2.61. The van der Waals surface area contributed by atoms with Gasteiger partial charge < -0.3 is 10.7 Å². The van der Waals surface area contributed by atoms with Crippen LogP contribution >= 0.6 is 0 Å². The Morgan fingerprint density at radius 1 is 1.80 bits per heavy atom. The molecule has 0 aromatic rings. The Hall–Kier alpha value is -0.890. The third kappa shape index (κ3) is 1.54. The average molecular weight is 136 g/mol. The molecule has 1 rings (SSSR count). The van der Waals surface area contributed by atoms with Gasteiger partial charge in [0.15, 0.2) is 0 Å². The van der Waals surface area contributed by atoms with E-state index in [0.29, 0.717) is 5.71 Å². The summed E-state index contributed by atoms with van der Waals surface area (Å²) in [4.78, 5) is 0. The molecule has 1 aliphatic rings. The van der Waals surface area contributed by atoms with Gasteiger partial charge in [-0.25, -0.2) is 0 Å². The summed E-state index contributed by atoms with van der Waals surface area (Å²) >= 11 is 0. The molecule has 0 bridgehead atoms. The molecular weight excluding hydrogens is 124 g/mol. The smallest absolute Gasteiger partial charge is 0.0563 e. The van der Waals surface area contributed by atoms with E-state index in [0.717, 1.165) is 25.1 Å². The first-order chi connectivity index (χ1) is 4.84. The summed E-state index contributed by atoms with van der Waals surface area (Å²) in [6, 6.07) is 0. The van der Waals surface area contributed by atoms with Crippen LogP contribution in [0.15, 0.2) is 24.3 Å². The van der Waals surface area contributed by atoms with Crippen LogP contribution in [-0.4, -0.2) is 18.8 Å². The third-order valence-corrected chi connectivity index (χ3v) is 1.61. The fourth-order valence-electron chi connectivity index (χ4n) is 0.998. The molecule has 0 spiro atoms. The predicted octanol–water partition coefficient (Wildman–Crippen LogP) is 1.11. The normalized spacial score (nSPS) is 17.8. The molecule has 0 atom stereocenters. The molecule has 1 heterocycles. The summed E-state index contributed by atoms with van der Waals surface area (Å²) in [5.74, 6) is 0. The molecule has 10 heavy (non-hydrogen) atoms. The zero-order chi connectivity index (χ0) is 7.40. The van der Waals surface area contributed by atoms with Gasteiger partial charge in [-0.1, -0.05) is 12.7 Å². The molecule has 0 saturated heterocycles. The van der Waals surface area contributed by atoms with Gasteiger partial charge in [0, 0.05) is 6.54 Å². The van der Waals surface area contributed by atoms with E-state index in [9.17, 15) is 0 Å². The summed E-state index contributed by atoms with van der Waals surface area (Å²) in [6.07, 6.45) is 4.61. The number of hydrogen-bond acceptors (Lipinski definition) is 2. The zero-order valence-electron chi connectivity index (χ0n) is 5.98. The lowest BCUT2D eigenvalue weighted by atomic mass is 10.0. The van der Waals surface area contributed by atoms with Crippen molar-refractivity contribution in [2.75, 3.05) is 13.1 Å². The molecule has 0 aliphatic carbocycles. The monoisotopic (exact) mass is 136 g/mol. The first-order valence-corrected chi connectivity index (χ1v) is 3.45. The van der Waals surface area contributed by atoms with Crippen molar-refractivity contribution in [2.24, 2.45) is 0 Å². The lowest BCUT2D eigenvalue weighted by Gasteiger charge is -2.12. The lowest BCUT2D eigenvalue weighted by molar-refractivity contribution is 0.717. The van der Waals surface area contributed by atoms with Crippen molar-refractivity contribution in [3.63, 3.8) is 0 Å². The summed E-state index contributed by atoms with van der Waals surface area (Å²) in [5.41, 5.74) is 1.69. The number of allylic oxidation sites excluding steroid dienone is 1. The fourth-order valence-corrected chi connectivity index (χ4v) is 0.998. The highest BCUT2D eigenvalue weighted by atomic mass is 14.8. The standard InChI is InChI=1S/C8H12N2/c1-2-8(9)7-3-5-10-6-4-7/h2-3,9-10H,1,4-6H2. The van der Waals surface area contributed by atoms with Gasteiger partial charge in [0.05, 0.1) is 5.71 Å². The largest absolute Gasteiger partial charge is 0.313 e. The van der Waals surface area contributed by atoms with Gasteiger partial charge in [-0.15, -0.1) is 0 Å². The summed E-state index contributed by atoms with van der Waals surface area (Å²) in [6.45, 7) is 5.43. The van der Waals surface area contributed by atoms with Gasteiger partial charge >= 0.3 is 0 Å². The van der Waals surface area contributed by atoms with Crippen molar-refractivity contribution in [1.29, 1.82) is 5.41 Å². The molecule has 54 valence electrons. The predicted molar refractivity (Wildman–Crippen MR) is 43.5 cm³/mol. The maximum atomic E-state index is 7.42. The van der Waals surface area contributed by atoms with Crippen molar-refractivity contribution < 1.29 is 0 Å². The van der Waals surface area contributed by atoms with E-state index >= 15 is 0 Å². The average Bonchev–Trinajstić information content (AvgIpc) is 2.05. The molecule has 0 aromatic carbocycles. The van der Waals surface area contributed by atoms with Gasteiger partial charge in [0.25, 0.3) is 0 Å². The van der Waals surface area contributed by atoms with Crippen LogP contribution in [0.3, 0.4) is 0 Å². The molecule has 0 aromatic heterocycles. The second kappa shape index (κ2) is 3.32. The van der Waals surface area contributed by atoms with E-state index in [1.54, 1.807) is 6.08 Å². The van der Waals surface area contributed by atoms with E-state index in [4.69, 9.17) is 5.41 Å². The summed E-state index contributed by atoms with van der Waals surface area (Å²) < 4.78 is 0. The third-order valence-electron chi connectivity index (χ3n) is 1.61. The van der Waals surface area contributed by atoms with Crippen LogP contribution < -0.4 is 5.32 Å². The quantitative estimate of drug-likeness (QED) is 0.548. The molecule has 2 N–H and O–H groups in total. The molecule has 0 fully saturated rings. The Morgan fingerprint density at radius 3 is 3.10 bits per heavy atom. The molecule has 0 radical (unpaired) electrons. The van der Waals surface area contributed by atoms with Crippen LogP contribution in [0.4, 0.5) is 0 Å². The van der Waals surface area contributed by atoms with Gasteiger partial charge in [-0.05, 0) is 24.6 Å². The van der Waals surface area contributed by atoms with Gasteiger partial charge in [-0.3, -0.25) is 0 Å². The highest BCUT2D eigenvalue weighted by molar-refractivity contribution is 6.05. The SMILES string of the molecule is C=CC(=N)C1=CCNCC1. The molecule has 1 aliphatic heterocycles.